The molecule has 0 aromatic carbocycles. The molecule has 2 heterocycles. The third kappa shape index (κ3) is 3.39. The van der Waals surface area contributed by atoms with Gasteiger partial charge in [-0.25, -0.2) is 13.1 Å². The fourth-order valence-corrected chi connectivity index (χ4v) is 4.44. The van der Waals surface area contributed by atoms with E-state index in [4.69, 9.17) is 4.74 Å². The van der Waals surface area contributed by atoms with E-state index in [1.54, 1.807) is 11.4 Å². The maximum absolute atomic E-state index is 12.3. The minimum Gasteiger partial charge on any atom is -0.377 e. The number of carbonyl (C=O) groups excluding carboxylic acids is 1. The van der Waals surface area contributed by atoms with Gasteiger partial charge in [-0.2, -0.15) is 0 Å². The third-order valence-electron chi connectivity index (χ3n) is 3.36. The molecule has 1 fully saturated rings. The molecule has 1 N–H and O–H groups in total. The van der Waals surface area contributed by atoms with Crippen LogP contribution < -0.4 is 4.72 Å². The molecule has 1 aliphatic rings. The average Bonchev–Trinajstić information content (AvgIpc) is 2.92. The molecule has 20 heavy (non-hydrogen) atoms. The molecule has 0 bridgehead atoms. The van der Waals surface area contributed by atoms with Gasteiger partial charge in [0.15, 0.2) is 0 Å². The Kier molecular flexibility index (Phi) is 4.82. The van der Waals surface area contributed by atoms with E-state index in [0.717, 1.165) is 17.8 Å². The summed E-state index contributed by atoms with van der Waals surface area (Å²) >= 11 is 1.09. The fraction of sp³-hybridized carbons (Fsp3) is 0.615. The molecule has 0 aliphatic carbocycles. The molecular formula is C13H19NO4S2. The van der Waals surface area contributed by atoms with Crippen molar-refractivity contribution in [3.63, 3.8) is 0 Å². The zero-order chi connectivity index (χ0) is 14.8. The monoisotopic (exact) mass is 317 g/mol. The molecule has 0 spiro atoms. The SMILES string of the molecule is CC(C)[C@@H]1OCCC[C@@H]1C(=O)NS(=O)(=O)c1cccs1. The highest BCUT2D eigenvalue weighted by atomic mass is 32.2. The van der Waals surface area contributed by atoms with Crippen molar-refractivity contribution < 1.29 is 17.9 Å². The van der Waals surface area contributed by atoms with Crippen molar-refractivity contribution in [1.82, 2.24) is 4.72 Å². The number of nitrogens with one attached hydrogen (secondary N) is 1. The molecule has 0 saturated carbocycles. The van der Waals surface area contributed by atoms with Crippen molar-refractivity contribution in [2.75, 3.05) is 6.61 Å². The molecule has 0 radical (unpaired) electrons. The van der Waals surface area contributed by atoms with Gasteiger partial charge in [-0.3, -0.25) is 4.79 Å². The Labute approximate surface area is 123 Å². The summed E-state index contributed by atoms with van der Waals surface area (Å²) in [5.41, 5.74) is 0. The highest BCUT2D eigenvalue weighted by Gasteiger charge is 2.35. The lowest BCUT2D eigenvalue weighted by Gasteiger charge is -2.33. The number of ether oxygens (including phenoxy) is 1. The Morgan fingerprint density at radius 3 is 2.85 bits per heavy atom. The number of amides is 1. The molecule has 1 saturated heterocycles. The van der Waals surface area contributed by atoms with Gasteiger partial charge in [-0.15, -0.1) is 11.3 Å². The van der Waals surface area contributed by atoms with Crippen LogP contribution in [0.25, 0.3) is 0 Å². The van der Waals surface area contributed by atoms with Gasteiger partial charge >= 0.3 is 0 Å². The lowest BCUT2D eigenvalue weighted by molar-refractivity contribution is -0.135. The number of thiophene rings is 1. The molecule has 7 heteroatoms. The number of hydrogen-bond donors (Lipinski definition) is 1. The highest BCUT2D eigenvalue weighted by Crippen LogP contribution is 2.27. The van der Waals surface area contributed by atoms with E-state index in [-0.39, 0.29) is 16.2 Å². The average molecular weight is 317 g/mol. The summed E-state index contributed by atoms with van der Waals surface area (Å²) in [6.07, 6.45) is 1.22. The smallest absolute Gasteiger partial charge is 0.273 e. The first-order valence-corrected chi connectivity index (χ1v) is 9.00. The molecule has 1 amide bonds. The second kappa shape index (κ2) is 6.24. The lowest BCUT2D eigenvalue weighted by Crippen LogP contribution is -2.45. The van der Waals surface area contributed by atoms with Gasteiger partial charge in [0.2, 0.25) is 5.91 Å². The van der Waals surface area contributed by atoms with E-state index >= 15 is 0 Å². The summed E-state index contributed by atoms with van der Waals surface area (Å²) in [6.45, 7) is 4.58. The second-order valence-electron chi connectivity index (χ2n) is 5.23. The van der Waals surface area contributed by atoms with Crippen LogP contribution in [0.1, 0.15) is 26.7 Å². The number of sulfonamides is 1. The van der Waals surface area contributed by atoms with Crippen molar-refractivity contribution >= 4 is 27.3 Å². The third-order valence-corrected chi connectivity index (χ3v) is 6.10. The fourth-order valence-electron chi connectivity index (χ4n) is 2.42. The van der Waals surface area contributed by atoms with Crippen molar-refractivity contribution in [3.05, 3.63) is 17.5 Å². The van der Waals surface area contributed by atoms with E-state index in [2.05, 4.69) is 4.72 Å². The van der Waals surface area contributed by atoms with E-state index < -0.39 is 21.8 Å². The quantitative estimate of drug-likeness (QED) is 0.922. The van der Waals surface area contributed by atoms with Crippen molar-refractivity contribution in [1.29, 1.82) is 0 Å². The molecule has 2 rings (SSSR count). The van der Waals surface area contributed by atoms with Crippen LogP contribution in [0.2, 0.25) is 0 Å². The van der Waals surface area contributed by atoms with Gasteiger partial charge in [-0.1, -0.05) is 19.9 Å². The van der Waals surface area contributed by atoms with Gasteiger partial charge in [-0.05, 0) is 30.2 Å². The largest absolute Gasteiger partial charge is 0.377 e. The van der Waals surface area contributed by atoms with Crippen molar-refractivity contribution in [2.24, 2.45) is 11.8 Å². The van der Waals surface area contributed by atoms with Crippen LogP contribution in [-0.2, 0) is 19.6 Å². The predicted molar refractivity (Wildman–Crippen MR) is 76.9 cm³/mol. The Morgan fingerprint density at radius 2 is 2.25 bits per heavy atom. The Bertz CT molecular complexity index is 551. The first-order valence-electron chi connectivity index (χ1n) is 6.63. The summed E-state index contributed by atoms with van der Waals surface area (Å²) in [5, 5.41) is 1.67. The Hall–Kier alpha value is -0.920. The second-order valence-corrected chi connectivity index (χ2v) is 8.09. The molecule has 112 valence electrons. The molecule has 0 unspecified atom stereocenters. The number of rotatable bonds is 4. The Morgan fingerprint density at radius 1 is 1.50 bits per heavy atom. The van der Waals surface area contributed by atoms with Gasteiger partial charge in [0, 0.05) is 6.61 Å². The Balaban J connectivity index is 2.11. The first kappa shape index (κ1) is 15.5. The van der Waals surface area contributed by atoms with Crippen LogP contribution in [0.15, 0.2) is 21.7 Å². The van der Waals surface area contributed by atoms with Crippen LogP contribution in [0, 0.1) is 11.8 Å². The van der Waals surface area contributed by atoms with Gasteiger partial charge in [0.1, 0.15) is 4.21 Å². The standard InChI is InChI=1S/C13H19NO4S2/c1-9(2)12-10(5-3-7-18-12)13(15)14-20(16,17)11-6-4-8-19-11/h4,6,8-10,12H,3,5,7H2,1-2H3,(H,14,15)/t10-,12-/m0/s1. The minimum absolute atomic E-state index is 0.156. The van der Waals surface area contributed by atoms with E-state index in [1.807, 2.05) is 13.8 Å². The lowest BCUT2D eigenvalue weighted by atomic mass is 9.87. The maximum Gasteiger partial charge on any atom is 0.273 e. The molecular weight excluding hydrogens is 298 g/mol. The first-order chi connectivity index (χ1) is 9.42. The van der Waals surface area contributed by atoms with Crippen LogP contribution in [0.5, 0.6) is 0 Å². The summed E-state index contributed by atoms with van der Waals surface area (Å²) < 4.78 is 32.1. The summed E-state index contributed by atoms with van der Waals surface area (Å²) in [6, 6.07) is 3.13. The number of carbonyl (C=O) groups is 1. The summed E-state index contributed by atoms with van der Waals surface area (Å²) in [5.74, 6) is -0.689. The van der Waals surface area contributed by atoms with Gasteiger partial charge in [0.05, 0.1) is 12.0 Å². The molecule has 1 aromatic rings. The maximum atomic E-state index is 12.3. The zero-order valence-corrected chi connectivity index (χ0v) is 13.2. The molecule has 5 nitrogen and oxygen atoms in total. The van der Waals surface area contributed by atoms with Gasteiger partial charge in [0.25, 0.3) is 10.0 Å². The summed E-state index contributed by atoms with van der Waals surface area (Å²) in [4.78, 5) is 12.3. The number of hydrogen-bond acceptors (Lipinski definition) is 5. The molecule has 2 atom stereocenters. The van der Waals surface area contributed by atoms with Crippen LogP contribution in [0.3, 0.4) is 0 Å². The normalized spacial score (nSPS) is 23.8. The predicted octanol–water partition coefficient (Wildman–Crippen LogP) is 2.00. The van der Waals surface area contributed by atoms with E-state index in [1.165, 1.54) is 6.07 Å². The van der Waals surface area contributed by atoms with E-state index in [9.17, 15) is 13.2 Å². The highest BCUT2D eigenvalue weighted by molar-refractivity contribution is 7.92. The minimum atomic E-state index is -3.75. The van der Waals surface area contributed by atoms with Gasteiger partial charge < -0.3 is 4.74 Å². The van der Waals surface area contributed by atoms with Crippen molar-refractivity contribution in [2.45, 2.75) is 37.0 Å². The summed E-state index contributed by atoms with van der Waals surface area (Å²) in [7, 11) is -3.75. The topological polar surface area (TPSA) is 72.5 Å². The van der Waals surface area contributed by atoms with E-state index in [0.29, 0.717) is 13.0 Å². The van der Waals surface area contributed by atoms with Crippen molar-refractivity contribution in [3.8, 4) is 0 Å². The van der Waals surface area contributed by atoms with Crippen LogP contribution in [-0.4, -0.2) is 27.0 Å². The zero-order valence-electron chi connectivity index (χ0n) is 11.5. The molecule has 1 aromatic heterocycles. The van der Waals surface area contributed by atoms with Crippen LogP contribution >= 0.6 is 11.3 Å². The molecule has 1 aliphatic heterocycles. The van der Waals surface area contributed by atoms with Crippen LogP contribution in [0.4, 0.5) is 0 Å².